The summed E-state index contributed by atoms with van der Waals surface area (Å²) in [6.45, 7) is 0. The first kappa shape index (κ1) is 26.3. The van der Waals surface area contributed by atoms with Gasteiger partial charge in [0.05, 0.1) is 35.8 Å². The molecule has 36 heavy (non-hydrogen) atoms. The first-order chi connectivity index (χ1) is 17.1. The molecule has 1 aliphatic rings. The Balaban J connectivity index is 2.15. The van der Waals surface area contributed by atoms with Gasteiger partial charge in [0.2, 0.25) is 0 Å². The molecule has 186 valence electrons. The highest BCUT2D eigenvalue weighted by Crippen LogP contribution is 2.41. The molecule has 4 rings (SSSR count). The summed E-state index contributed by atoms with van der Waals surface area (Å²) in [4.78, 5) is 39.5. The van der Waals surface area contributed by atoms with Crippen molar-refractivity contribution in [3.05, 3.63) is 92.7 Å². The number of halogens is 4. The maximum absolute atomic E-state index is 13.5. The van der Waals surface area contributed by atoms with E-state index in [2.05, 4.69) is 0 Å². The third kappa shape index (κ3) is 4.55. The second-order valence-corrected chi connectivity index (χ2v) is 10.2. The van der Waals surface area contributed by atoms with Crippen molar-refractivity contribution in [2.75, 3.05) is 14.2 Å². The Hall–Kier alpha value is -2.75. The highest BCUT2D eigenvalue weighted by molar-refractivity contribution is 7.07. The van der Waals surface area contributed by atoms with E-state index in [1.807, 2.05) is 0 Å². The Morgan fingerprint density at radius 1 is 0.944 bits per heavy atom. The average molecular weight is 586 g/mol. The van der Waals surface area contributed by atoms with E-state index in [0.717, 1.165) is 23.0 Å². The molecule has 0 amide bonds. The van der Waals surface area contributed by atoms with E-state index in [0.29, 0.717) is 26.2 Å². The maximum atomic E-state index is 13.5. The molecule has 0 radical (unpaired) electrons. The van der Waals surface area contributed by atoms with Gasteiger partial charge in [-0.15, -0.1) is 11.3 Å². The quantitative estimate of drug-likeness (QED) is 0.468. The van der Waals surface area contributed by atoms with Crippen LogP contribution in [0.15, 0.2) is 46.8 Å². The van der Waals surface area contributed by atoms with Gasteiger partial charge >= 0.3 is 11.9 Å². The van der Waals surface area contributed by atoms with Crippen LogP contribution in [0.25, 0.3) is 17.5 Å². The molecule has 2 aromatic carbocycles. The smallest absolute Gasteiger partial charge is 0.338 e. The molecule has 0 saturated heterocycles. The second-order valence-electron chi connectivity index (χ2n) is 7.52. The molecule has 12 heteroatoms. The van der Waals surface area contributed by atoms with Gasteiger partial charge in [0.1, 0.15) is 10.5 Å². The molecular weight excluding hydrogens is 570 g/mol. The fourth-order valence-electron chi connectivity index (χ4n) is 3.87. The fourth-order valence-corrected chi connectivity index (χ4v) is 6.01. The van der Waals surface area contributed by atoms with Crippen molar-refractivity contribution < 1.29 is 19.1 Å². The lowest BCUT2D eigenvalue weighted by atomic mass is 9.83. The molecule has 7 nitrogen and oxygen atoms in total. The largest absolute Gasteiger partial charge is 0.466 e. The van der Waals surface area contributed by atoms with Crippen molar-refractivity contribution in [2.24, 2.45) is 5.73 Å². The number of benzene rings is 2. The van der Waals surface area contributed by atoms with Gasteiger partial charge in [-0.25, -0.2) is 9.59 Å². The molecule has 0 spiro atoms. The number of nitrogens with zero attached hydrogens (tertiary/aromatic N) is 1. The van der Waals surface area contributed by atoms with Gasteiger partial charge < -0.3 is 15.2 Å². The number of carbonyl (C=O) groups is 2. The number of thiazole rings is 1. The Bertz CT molecular complexity index is 1640. The fraction of sp³-hybridized carbons (Fsp3) is 0.125. The number of hydrogen-bond donors (Lipinski definition) is 1. The molecule has 1 aromatic heterocycles. The average Bonchev–Trinajstić information content (AvgIpc) is 3.15. The molecule has 0 aliphatic carbocycles. The Kier molecular flexibility index (Phi) is 7.54. The summed E-state index contributed by atoms with van der Waals surface area (Å²) < 4.78 is 11.5. The van der Waals surface area contributed by atoms with Gasteiger partial charge in [-0.05, 0) is 41.5 Å². The topological polar surface area (TPSA) is 101 Å². The van der Waals surface area contributed by atoms with Crippen LogP contribution in [0, 0.1) is 0 Å². The van der Waals surface area contributed by atoms with Crippen molar-refractivity contribution in [3.8, 4) is 0 Å². The highest BCUT2D eigenvalue weighted by Gasteiger charge is 2.40. The Labute approximate surface area is 228 Å². The van der Waals surface area contributed by atoms with E-state index >= 15 is 0 Å². The van der Waals surface area contributed by atoms with E-state index in [-0.39, 0.29) is 31.2 Å². The van der Waals surface area contributed by atoms with Gasteiger partial charge in [-0.1, -0.05) is 58.5 Å². The van der Waals surface area contributed by atoms with Crippen molar-refractivity contribution in [3.63, 3.8) is 0 Å². The van der Waals surface area contributed by atoms with Crippen LogP contribution in [0.4, 0.5) is 0 Å². The van der Waals surface area contributed by atoms with Gasteiger partial charge in [-0.2, -0.15) is 0 Å². The number of nitrogens with two attached hydrogens (primary N) is 1. The van der Waals surface area contributed by atoms with E-state index in [9.17, 15) is 14.4 Å². The minimum Gasteiger partial charge on any atom is -0.466 e. The highest BCUT2D eigenvalue weighted by atomic mass is 35.5. The lowest BCUT2D eigenvalue weighted by Gasteiger charge is -2.27. The van der Waals surface area contributed by atoms with E-state index < -0.39 is 23.4 Å². The first-order valence-electron chi connectivity index (χ1n) is 10.1. The molecule has 0 fully saturated rings. The predicted molar refractivity (Wildman–Crippen MR) is 142 cm³/mol. The van der Waals surface area contributed by atoms with E-state index in [1.165, 1.54) is 19.2 Å². The normalized spacial score (nSPS) is 15.7. The summed E-state index contributed by atoms with van der Waals surface area (Å²) in [5.74, 6) is -2.94. The first-order valence-corrected chi connectivity index (χ1v) is 12.5. The third-order valence-corrected chi connectivity index (χ3v) is 7.71. The number of rotatable bonds is 4. The molecule has 1 aliphatic heterocycles. The van der Waals surface area contributed by atoms with Crippen LogP contribution in [0.2, 0.25) is 20.1 Å². The summed E-state index contributed by atoms with van der Waals surface area (Å²) in [7, 11) is 2.35. The summed E-state index contributed by atoms with van der Waals surface area (Å²) in [6, 6.07) is 9.40. The molecular formula is C24H16Cl4N2O5S. The maximum Gasteiger partial charge on any atom is 0.338 e. The number of aromatic nitrogens is 1. The molecule has 2 N–H and O–H groups in total. The second kappa shape index (κ2) is 10.3. The van der Waals surface area contributed by atoms with Crippen LogP contribution in [0.5, 0.6) is 0 Å². The zero-order valence-corrected chi connectivity index (χ0v) is 22.4. The SMILES string of the molecule is COC(=O)C1=C(N)n2c(s/c(=C/c3ccc(Cl)cc3Cl)c2=O)=C(C(=O)OC)[C@@H]1c1ccc(Cl)cc1Cl. The number of esters is 2. The molecule has 0 saturated carbocycles. The van der Waals surface area contributed by atoms with Crippen molar-refractivity contribution in [1.29, 1.82) is 0 Å². The minimum absolute atomic E-state index is 0.0136. The zero-order chi connectivity index (χ0) is 26.3. The number of ether oxygens (including phenoxy) is 2. The molecule has 2 heterocycles. The third-order valence-electron chi connectivity index (χ3n) is 5.48. The summed E-state index contributed by atoms with van der Waals surface area (Å²) in [5, 5.41) is 1.27. The van der Waals surface area contributed by atoms with Crippen molar-refractivity contribution in [2.45, 2.75) is 5.92 Å². The van der Waals surface area contributed by atoms with Gasteiger partial charge in [0.25, 0.3) is 5.56 Å². The number of methoxy groups -OCH3 is 2. The van der Waals surface area contributed by atoms with E-state index in [1.54, 1.807) is 30.3 Å². The van der Waals surface area contributed by atoms with Gasteiger partial charge in [0.15, 0.2) is 0 Å². The number of fused-ring (bicyclic) bond motifs is 1. The summed E-state index contributed by atoms with van der Waals surface area (Å²) >= 11 is 25.8. The lowest BCUT2D eigenvalue weighted by Crippen LogP contribution is -2.41. The Morgan fingerprint density at radius 2 is 1.53 bits per heavy atom. The number of carbonyl (C=O) groups excluding carboxylic acids is 2. The standard InChI is InChI=1S/C24H16Cl4N2O5S/c1-34-23(32)18-17(13-6-5-12(26)9-15(13)28)19(24(33)35-2)22-30(20(18)29)21(31)16(36-22)7-10-3-4-11(25)8-14(10)27/h3-9,17H,29H2,1-2H3/b16-7+/t17-/m1/s1. The molecule has 3 aromatic rings. The predicted octanol–water partition coefficient (Wildman–Crippen LogP) is 3.77. The van der Waals surface area contributed by atoms with Crippen LogP contribution in [-0.2, 0) is 19.1 Å². The van der Waals surface area contributed by atoms with Crippen LogP contribution in [-0.4, -0.2) is 30.7 Å². The van der Waals surface area contributed by atoms with Crippen LogP contribution >= 0.6 is 57.7 Å². The monoisotopic (exact) mass is 584 g/mol. The molecule has 1 atom stereocenters. The van der Waals surface area contributed by atoms with Crippen molar-refractivity contribution in [1.82, 2.24) is 4.57 Å². The van der Waals surface area contributed by atoms with Crippen LogP contribution < -0.4 is 20.5 Å². The van der Waals surface area contributed by atoms with E-state index in [4.69, 9.17) is 61.6 Å². The molecule has 0 bridgehead atoms. The van der Waals surface area contributed by atoms with Gasteiger partial charge in [-0.3, -0.25) is 9.36 Å². The van der Waals surface area contributed by atoms with Crippen LogP contribution in [0.1, 0.15) is 17.0 Å². The molecule has 0 unspecified atom stereocenters. The summed E-state index contributed by atoms with van der Waals surface area (Å²) in [6.07, 6.45) is 1.54. The summed E-state index contributed by atoms with van der Waals surface area (Å²) in [5.41, 5.74) is 6.53. The van der Waals surface area contributed by atoms with Crippen molar-refractivity contribution >= 4 is 87.1 Å². The number of hydrogen-bond acceptors (Lipinski definition) is 7. The zero-order valence-electron chi connectivity index (χ0n) is 18.6. The Morgan fingerprint density at radius 3 is 2.11 bits per heavy atom. The van der Waals surface area contributed by atoms with Crippen LogP contribution in [0.3, 0.4) is 0 Å². The minimum atomic E-state index is -1.10. The lowest BCUT2D eigenvalue weighted by molar-refractivity contribution is -0.136. The van der Waals surface area contributed by atoms with Gasteiger partial charge in [0, 0.05) is 20.1 Å².